The van der Waals surface area contributed by atoms with Gasteiger partial charge in [0.05, 0.1) is 6.61 Å². The van der Waals surface area contributed by atoms with Crippen LogP contribution in [0.3, 0.4) is 0 Å². The zero-order chi connectivity index (χ0) is 11.9. The van der Waals surface area contributed by atoms with Crippen LogP contribution in [0.25, 0.3) is 0 Å². The monoisotopic (exact) mass is 228 g/mol. The zero-order valence-corrected chi connectivity index (χ0v) is 8.76. The Hall–Kier alpha value is -0.780. The first kappa shape index (κ1) is 14.2. The van der Waals surface area contributed by atoms with E-state index in [0.717, 1.165) is 6.42 Å². The summed E-state index contributed by atoms with van der Waals surface area (Å²) in [5.74, 6) is -0.757. The summed E-state index contributed by atoms with van der Waals surface area (Å²) in [6, 6.07) is 0. The van der Waals surface area contributed by atoms with Gasteiger partial charge in [-0.15, -0.1) is 0 Å². The maximum atomic E-state index is 11.7. The lowest BCUT2D eigenvalue weighted by Gasteiger charge is -2.13. The van der Waals surface area contributed by atoms with Crippen molar-refractivity contribution < 1.29 is 27.4 Å². The number of unbranched alkanes of at least 4 members (excludes halogenated alkanes) is 1. The lowest BCUT2D eigenvalue weighted by atomic mass is 10.3. The highest BCUT2D eigenvalue weighted by atomic mass is 19.4. The highest BCUT2D eigenvalue weighted by Gasteiger charge is 2.30. The van der Waals surface area contributed by atoms with Gasteiger partial charge in [-0.1, -0.05) is 13.3 Å². The fourth-order valence-electron chi connectivity index (χ4n) is 0.722. The standard InChI is InChI=1S/C9H15F3O3/c1-3-4-5-14-8(13)7(2)15-6-9(10,11)12/h7H,3-6H2,1-2H3. The van der Waals surface area contributed by atoms with Gasteiger partial charge >= 0.3 is 12.1 Å². The first-order valence-corrected chi connectivity index (χ1v) is 4.71. The summed E-state index contributed by atoms with van der Waals surface area (Å²) >= 11 is 0. The lowest BCUT2D eigenvalue weighted by Crippen LogP contribution is -2.28. The quantitative estimate of drug-likeness (QED) is 0.517. The van der Waals surface area contributed by atoms with E-state index in [1.54, 1.807) is 0 Å². The van der Waals surface area contributed by atoms with Crippen molar-refractivity contribution in [3.8, 4) is 0 Å². The van der Waals surface area contributed by atoms with E-state index >= 15 is 0 Å². The van der Waals surface area contributed by atoms with Gasteiger partial charge in [-0.25, -0.2) is 4.79 Å². The molecule has 3 nitrogen and oxygen atoms in total. The number of alkyl halides is 3. The summed E-state index contributed by atoms with van der Waals surface area (Å²) in [5, 5.41) is 0. The second-order valence-electron chi connectivity index (χ2n) is 3.09. The number of halogens is 3. The minimum Gasteiger partial charge on any atom is -0.464 e. The number of carbonyl (C=O) groups excluding carboxylic acids is 1. The second kappa shape index (κ2) is 6.66. The van der Waals surface area contributed by atoms with Crippen LogP contribution in [0.15, 0.2) is 0 Å². The van der Waals surface area contributed by atoms with Crippen molar-refractivity contribution in [1.82, 2.24) is 0 Å². The summed E-state index contributed by atoms with van der Waals surface area (Å²) < 4.78 is 44.1. The fourth-order valence-corrected chi connectivity index (χ4v) is 0.722. The molecule has 6 heteroatoms. The van der Waals surface area contributed by atoms with Crippen molar-refractivity contribution in [1.29, 1.82) is 0 Å². The summed E-state index contributed by atoms with van der Waals surface area (Å²) in [7, 11) is 0. The van der Waals surface area contributed by atoms with E-state index in [0.29, 0.717) is 6.42 Å². The van der Waals surface area contributed by atoms with Crippen LogP contribution in [0.1, 0.15) is 26.7 Å². The van der Waals surface area contributed by atoms with E-state index in [9.17, 15) is 18.0 Å². The summed E-state index contributed by atoms with van der Waals surface area (Å²) in [6.45, 7) is 1.93. The molecule has 0 saturated carbocycles. The molecule has 1 atom stereocenters. The Labute approximate surface area is 86.5 Å². The Bertz CT molecular complexity index is 192. The van der Waals surface area contributed by atoms with Crippen LogP contribution in [-0.4, -0.2) is 31.5 Å². The summed E-state index contributed by atoms with van der Waals surface area (Å²) in [6.07, 6.45) is -4.05. The molecular weight excluding hydrogens is 213 g/mol. The van der Waals surface area contributed by atoms with Crippen molar-refractivity contribution >= 4 is 5.97 Å². The molecular formula is C9H15F3O3. The molecule has 90 valence electrons. The molecule has 0 bridgehead atoms. The van der Waals surface area contributed by atoms with Gasteiger partial charge in [0.1, 0.15) is 6.61 Å². The van der Waals surface area contributed by atoms with Crippen molar-refractivity contribution in [2.75, 3.05) is 13.2 Å². The highest BCUT2D eigenvalue weighted by Crippen LogP contribution is 2.15. The van der Waals surface area contributed by atoms with Crippen LogP contribution in [0.2, 0.25) is 0 Å². The average Bonchev–Trinajstić information content (AvgIpc) is 2.13. The van der Waals surface area contributed by atoms with Crippen LogP contribution in [0.4, 0.5) is 13.2 Å². The molecule has 0 rings (SSSR count). The first-order valence-electron chi connectivity index (χ1n) is 4.71. The minimum absolute atomic E-state index is 0.217. The van der Waals surface area contributed by atoms with Gasteiger partial charge in [0.2, 0.25) is 0 Å². The van der Waals surface area contributed by atoms with Crippen LogP contribution < -0.4 is 0 Å². The number of ether oxygens (including phenoxy) is 2. The van der Waals surface area contributed by atoms with E-state index in [1.807, 2.05) is 6.92 Å². The van der Waals surface area contributed by atoms with E-state index in [4.69, 9.17) is 0 Å². The van der Waals surface area contributed by atoms with E-state index in [1.165, 1.54) is 6.92 Å². The van der Waals surface area contributed by atoms with Crippen molar-refractivity contribution in [3.05, 3.63) is 0 Å². The van der Waals surface area contributed by atoms with Gasteiger partial charge in [0.25, 0.3) is 0 Å². The number of esters is 1. The molecule has 0 N–H and O–H groups in total. The minimum atomic E-state index is -4.42. The van der Waals surface area contributed by atoms with Gasteiger partial charge in [-0.3, -0.25) is 0 Å². The maximum Gasteiger partial charge on any atom is 0.411 e. The van der Waals surface area contributed by atoms with Crippen LogP contribution in [-0.2, 0) is 14.3 Å². The predicted molar refractivity (Wildman–Crippen MR) is 47.3 cm³/mol. The molecule has 0 radical (unpaired) electrons. The zero-order valence-electron chi connectivity index (χ0n) is 8.76. The Morgan fingerprint density at radius 2 is 2.00 bits per heavy atom. The molecule has 15 heavy (non-hydrogen) atoms. The molecule has 0 amide bonds. The van der Waals surface area contributed by atoms with Crippen molar-refractivity contribution in [3.63, 3.8) is 0 Å². The molecule has 0 fully saturated rings. The van der Waals surface area contributed by atoms with Crippen molar-refractivity contribution in [2.45, 2.75) is 39.0 Å². The van der Waals surface area contributed by atoms with E-state index < -0.39 is 24.9 Å². The SMILES string of the molecule is CCCCOC(=O)C(C)OCC(F)(F)F. The highest BCUT2D eigenvalue weighted by molar-refractivity contribution is 5.74. The molecule has 0 aromatic rings. The molecule has 0 aromatic carbocycles. The third-order valence-electron chi connectivity index (χ3n) is 1.57. The second-order valence-corrected chi connectivity index (χ2v) is 3.09. The molecule has 0 spiro atoms. The Balaban J connectivity index is 3.70. The van der Waals surface area contributed by atoms with Gasteiger partial charge in [0.15, 0.2) is 6.10 Å². The molecule has 0 aliphatic rings. The van der Waals surface area contributed by atoms with Gasteiger partial charge in [-0.2, -0.15) is 13.2 Å². The normalized spacial score (nSPS) is 13.7. The van der Waals surface area contributed by atoms with Crippen LogP contribution >= 0.6 is 0 Å². The third kappa shape index (κ3) is 8.23. The Kier molecular flexibility index (Phi) is 6.31. The topological polar surface area (TPSA) is 35.5 Å². The molecule has 0 heterocycles. The predicted octanol–water partition coefficient (Wildman–Crippen LogP) is 2.30. The number of hydrogen-bond donors (Lipinski definition) is 0. The summed E-state index contributed by atoms with van der Waals surface area (Å²) in [5.41, 5.74) is 0. The molecule has 0 aliphatic carbocycles. The molecule has 0 saturated heterocycles. The van der Waals surface area contributed by atoms with E-state index in [-0.39, 0.29) is 6.61 Å². The number of rotatable bonds is 6. The van der Waals surface area contributed by atoms with E-state index in [2.05, 4.69) is 9.47 Å². The molecule has 1 unspecified atom stereocenters. The lowest BCUT2D eigenvalue weighted by molar-refractivity contribution is -0.192. The smallest absolute Gasteiger partial charge is 0.411 e. The third-order valence-corrected chi connectivity index (χ3v) is 1.57. The Morgan fingerprint density at radius 3 is 2.47 bits per heavy atom. The molecule has 0 aromatic heterocycles. The number of hydrogen-bond acceptors (Lipinski definition) is 3. The van der Waals surface area contributed by atoms with Crippen molar-refractivity contribution in [2.24, 2.45) is 0 Å². The van der Waals surface area contributed by atoms with Crippen LogP contribution in [0, 0.1) is 0 Å². The maximum absolute atomic E-state index is 11.7. The summed E-state index contributed by atoms with van der Waals surface area (Å²) in [4.78, 5) is 11.0. The van der Waals surface area contributed by atoms with Gasteiger partial charge in [0, 0.05) is 0 Å². The Morgan fingerprint density at radius 1 is 1.40 bits per heavy atom. The average molecular weight is 228 g/mol. The fraction of sp³-hybridized carbons (Fsp3) is 0.889. The van der Waals surface area contributed by atoms with Gasteiger partial charge in [-0.05, 0) is 13.3 Å². The molecule has 0 aliphatic heterocycles. The number of carbonyl (C=O) groups is 1. The van der Waals surface area contributed by atoms with Crippen LogP contribution in [0.5, 0.6) is 0 Å². The first-order chi connectivity index (χ1) is 6.87. The largest absolute Gasteiger partial charge is 0.464 e. The van der Waals surface area contributed by atoms with Gasteiger partial charge < -0.3 is 9.47 Å².